The Morgan fingerprint density at radius 3 is 2.54 bits per heavy atom. The number of hydrogen-bond acceptors (Lipinski definition) is 4. The molecule has 0 saturated heterocycles. The molecule has 4 rings (SSSR count). The lowest BCUT2D eigenvalue weighted by atomic mass is 9.88. The SMILES string of the molecule is CN1C(=O)C2=CC(S(=O)(=O)NC3(C)CC3)C=CC2=[N+](CC2CCCCC2)C1=O. The second-order valence-electron chi connectivity index (χ2n) is 8.76. The Morgan fingerprint density at radius 1 is 1.21 bits per heavy atom. The Labute approximate surface area is 166 Å². The lowest BCUT2D eigenvalue weighted by molar-refractivity contribution is -0.445. The summed E-state index contributed by atoms with van der Waals surface area (Å²) in [5.74, 6) is -0.0264. The second-order valence-corrected chi connectivity index (χ2v) is 10.6. The van der Waals surface area contributed by atoms with Crippen molar-refractivity contribution in [3.63, 3.8) is 0 Å². The molecular formula is C20H28N3O4S+. The van der Waals surface area contributed by atoms with Gasteiger partial charge in [0.2, 0.25) is 10.0 Å². The number of nitrogens with one attached hydrogen (secondary N) is 1. The van der Waals surface area contributed by atoms with Gasteiger partial charge in [0.1, 0.15) is 16.5 Å². The smallest absolute Gasteiger partial charge is 0.241 e. The first-order valence-corrected chi connectivity index (χ1v) is 11.6. The molecule has 7 nitrogen and oxygen atoms in total. The van der Waals surface area contributed by atoms with Gasteiger partial charge in [0, 0.05) is 5.54 Å². The van der Waals surface area contributed by atoms with Crippen molar-refractivity contribution in [1.82, 2.24) is 9.62 Å². The molecule has 0 aromatic carbocycles. The van der Waals surface area contributed by atoms with Gasteiger partial charge >= 0.3 is 11.9 Å². The average Bonchev–Trinajstić information content (AvgIpc) is 3.39. The highest BCUT2D eigenvalue weighted by atomic mass is 32.2. The van der Waals surface area contributed by atoms with Crippen LogP contribution in [0.15, 0.2) is 23.8 Å². The molecule has 1 unspecified atom stereocenters. The van der Waals surface area contributed by atoms with Crippen LogP contribution < -0.4 is 4.72 Å². The molecule has 3 amide bonds. The number of amides is 3. The topological polar surface area (TPSA) is 86.6 Å². The number of sulfonamides is 1. The van der Waals surface area contributed by atoms with E-state index in [1.807, 2.05) is 6.92 Å². The van der Waals surface area contributed by atoms with Gasteiger partial charge in [0.15, 0.2) is 0 Å². The Morgan fingerprint density at radius 2 is 1.89 bits per heavy atom. The van der Waals surface area contributed by atoms with Gasteiger partial charge in [-0.3, -0.25) is 0 Å². The molecule has 1 N–H and O–H groups in total. The summed E-state index contributed by atoms with van der Waals surface area (Å²) < 4.78 is 29.9. The largest absolute Gasteiger partial charge is 0.501 e. The molecule has 1 aliphatic heterocycles. The van der Waals surface area contributed by atoms with Crippen LogP contribution in [0.4, 0.5) is 4.79 Å². The van der Waals surface area contributed by atoms with Crippen molar-refractivity contribution in [3.05, 3.63) is 23.8 Å². The van der Waals surface area contributed by atoms with E-state index in [4.69, 9.17) is 0 Å². The molecule has 0 aromatic heterocycles. The van der Waals surface area contributed by atoms with Crippen LogP contribution in [0, 0.1) is 5.92 Å². The van der Waals surface area contributed by atoms with Crippen LogP contribution in [-0.2, 0) is 14.8 Å². The summed E-state index contributed by atoms with van der Waals surface area (Å²) in [4.78, 5) is 26.6. The number of fused-ring (bicyclic) bond motifs is 1. The third-order valence-corrected chi connectivity index (χ3v) is 8.09. The van der Waals surface area contributed by atoms with Crippen LogP contribution in [-0.4, -0.2) is 59.9 Å². The van der Waals surface area contributed by atoms with Crippen molar-refractivity contribution in [2.45, 2.75) is 62.7 Å². The zero-order valence-corrected chi connectivity index (χ0v) is 17.3. The zero-order valence-electron chi connectivity index (χ0n) is 16.5. The van der Waals surface area contributed by atoms with Crippen molar-refractivity contribution >= 4 is 27.7 Å². The minimum absolute atomic E-state index is 0.303. The van der Waals surface area contributed by atoms with E-state index < -0.39 is 21.2 Å². The summed E-state index contributed by atoms with van der Waals surface area (Å²) in [5, 5.41) is -0.911. The average molecular weight is 407 g/mol. The quantitative estimate of drug-likeness (QED) is 0.707. The first kappa shape index (κ1) is 19.5. The molecule has 28 heavy (non-hydrogen) atoms. The number of nitrogens with zero attached hydrogens (tertiary/aromatic N) is 2. The molecule has 1 heterocycles. The van der Waals surface area contributed by atoms with E-state index in [1.54, 1.807) is 16.7 Å². The van der Waals surface area contributed by atoms with Crippen LogP contribution in [0.1, 0.15) is 51.9 Å². The predicted octanol–water partition coefficient (Wildman–Crippen LogP) is 1.95. The highest BCUT2D eigenvalue weighted by molar-refractivity contribution is 7.90. The maximum atomic E-state index is 12.8. The van der Waals surface area contributed by atoms with Gasteiger partial charge in [-0.2, -0.15) is 14.3 Å². The molecule has 152 valence electrons. The van der Waals surface area contributed by atoms with Crippen molar-refractivity contribution in [1.29, 1.82) is 0 Å². The van der Waals surface area contributed by atoms with Crippen LogP contribution >= 0.6 is 0 Å². The third kappa shape index (κ3) is 3.59. The number of urea groups is 1. The van der Waals surface area contributed by atoms with E-state index in [9.17, 15) is 18.0 Å². The monoisotopic (exact) mass is 406 g/mol. The Hall–Kier alpha value is -1.80. The number of allylic oxidation sites excluding steroid dienone is 1. The number of hydrogen-bond donors (Lipinski definition) is 1. The number of likely N-dealkylation sites (N-methyl/N-ethyl adjacent to an activating group) is 1. The summed E-state index contributed by atoms with van der Waals surface area (Å²) in [6.07, 6.45) is 12.1. The van der Waals surface area contributed by atoms with Crippen molar-refractivity contribution in [2.24, 2.45) is 5.92 Å². The van der Waals surface area contributed by atoms with E-state index in [-0.39, 0.29) is 11.6 Å². The second kappa shape index (κ2) is 6.91. The maximum absolute atomic E-state index is 12.8. The highest BCUT2D eigenvalue weighted by Gasteiger charge is 2.46. The molecule has 0 radical (unpaired) electrons. The van der Waals surface area contributed by atoms with Gasteiger partial charge in [-0.05, 0) is 50.7 Å². The molecule has 0 aromatic rings. The standard InChI is InChI=1S/C20H28N3O4S/c1-20(10-11-20)21-28(26,27)15-8-9-17-16(12-15)18(24)22(2)19(25)23(17)13-14-6-4-3-5-7-14/h8-9,12,14-15,21H,3-7,10-11,13H2,1-2H3/q+1. The van der Waals surface area contributed by atoms with Crippen LogP contribution in [0.25, 0.3) is 0 Å². The Kier molecular flexibility index (Phi) is 4.82. The molecule has 3 aliphatic carbocycles. The molecule has 2 fully saturated rings. The normalized spacial score (nSPS) is 27.7. The minimum atomic E-state index is -3.63. The molecule has 8 heteroatoms. The third-order valence-electron chi connectivity index (χ3n) is 6.31. The van der Waals surface area contributed by atoms with Gasteiger partial charge in [-0.1, -0.05) is 25.3 Å². The fraction of sp³-hybridized carbons (Fsp3) is 0.650. The first-order chi connectivity index (χ1) is 13.2. The van der Waals surface area contributed by atoms with Crippen LogP contribution in [0.2, 0.25) is 0 Å². The zero-order chi connectivity index (χ0) is 20.1. The van der Waals surface area contributed by atoms with Gasteiger partial charge < -0.3 is 0 Å². The van der Waals surface area contributed by atoms with Crippen molar-refractivity contribution in [2.75, 3.05) is 13.6 Å². The number of carbonyl (C=O) groups excluding carboxylic acids is 2. The Bertz CT molecular complexity index is 906. The number of rotatable bonds is 5. The summed E-state index contributed by atoms with van der Waals surface area (Å²) in [6.45, 7) is 2.45. The highest BCUT2D eigenvalue weighted by Crippen LogP contribution is 2.36. The lowest BCUT2D eigenvalue weighted by Gasteiger charge is -2.27. The minimum Gasteiger partial charge on any atom is -0.241 e. The van der Waals surface area contributed by atoms with Gasteiger partial charge in [0.05, 0.1) is 13.6 Å². The summed E-state index contributed by atoms with van der Waals surface area (Å²) in [6, 6.07) is -0.336. The maximum Gasteiger partial charge on any atom is 0.501 e. The van der Waals surface area contributed by atoms with Crippen molar-refractivity contribution < 1.29 is 22.6 Å². The van der Waals surface area contributed by atoms with Crippen LogP contribution in [0.5, 0.6) is 0 Å². The van der Waals surface area contributed by atoms with E-state index in [0.717, 1.165) is 30.6 Å². The fourth-order valence-electron chi connectivity index (χ4n) is 4.25. The van der Waals surface area contributed by atoms with E-state index in [2.05, 4.69) is 4.72 Å². The van der Waals surface area contributed by atoms with E-state index in [0.29, 0.717) is 23.7 Å². The molecular weight excluding hydrogens is 378 g/mol. The van der Waals surface area contributed by atoms with Crippen molar-refractivity contribution in [3.8, 4) is 0 Å². The van der Waals surface area contributed by atoms with E-state index >= 15 is 0 Å². The molecule has 2 saturated carbocycles. The fourth-order valence-corrected chi connectivity index (χ4v) is 5.88. The van der Waals surface area contributed by atoms with Gasteiger partial charge in [0.25, 0.3) is 0 Å². The molecule has 0 spiro atoms. The number of carbonyl (C=O) groups is 2. The Balaban J connectivity index is 1.66. The molecule has 0 bridgehead atoms. The van der Waals surface area contributed by atoms with Gasteiger partial charge in [-0.25, -0.2) is 17.9 Å². The van der Waals surface area contributed by atoms with E-state index in [1.165, 1.54) is 32.4 Å². The summed E-state index contributed by atoms with van der Waals surface area (Å²) >= 11 is 0. The number of imide groups is 1. The van der Waals surface area contributed by atoms with Gasteiger partial charge in [-0.15, -0.1) is 0 Å². The lowest BCUT2D eigenvalue weighted by Crippen LogP contribution is -2.51. The van der Waals surface area contributed by atoms with Crippen LogP contribution in [0.3, 0.4) is 0 Å². The predicted molar refractivity (Wildman–Crippen MR) is 106 cm³/mol. The molecule has 4 aliphatic rings. The molecule has 1 atom stereocenters. The summed E-state index contributed by atoms with van der Waals surface area (Å²) in [5.41, 5.74) is 0.463. The summed E-state index contributed by atoms with van der Waals surface area (Å²) in [7, 11) is -2.17. The first-order valence-electron chi connectivity index (χ1n) is 10.1.